The van der Waals surface area contributed by atoms with E-state index >= 15 is 0 Å². The second kappa shape index (κ2) is 7.60. The van der Waals surface area contributed by atoms with Gasteiger partial charge in [-0.25, -0.2) is 4.79 Å². The van der Waals surface area contributed by atoms with E-state index in [0.29, 0.717) is 18.0 Å². The van der Waals surface area contributed by atoms with Crippen molar-refractivity contribution in [3.8, 4) is 11.5 Å². The predicted octanol–water partition coefficient (Wildman–Crippen LogP) is 4.47. The van der Waals surface area contributed by atoms with Crippen molar-refractivity contribution in [3.05, 3.63) is 29.8 Å². The molecule has 0 aromatic heterocycles. The maximum atomic E-state index is 12.6. The van der Waals surface area contributed by atoms with Gasteiger partial charge >= 0.3 is 6.09 Å². The Bertz CT molecular complexity index is 616. The van der Waals surface area contributed by atoms with Gasteiger partial charge in [-0.15, -0.1) is 0 Å². The topological polar surface area (TPSA) is 48.0 Å². The highest BCUT2D eigenvalue weighted by Crippen LogP contribution is 2.33. The van der Waals surface area contributed by atoms with Crippen LogP contribution in [0.1, 0.15) is 45.6 Å². The number of ether oxygens (including phenoxy) is 3. The number of allylic oxidation sites excluding steroid dienone is 1. The summed E-state index contributed by atoms with van der Waals surface area (Å²) in [6.45, 7) is 6.28. The number of rotatable bonds is 3. The zero-order valence-electron chi connectivity index (χ0n) is 15.2. The molecule has 24 heavy (non-hydrogen) atoms. The van der Waals surface area contributed by atoms with E-state index < -0.39 is 5.60 Å². The lowest BCUT2D eigenvalue weighted by atomic mass is 10.1. The van der Waals surface area contributed by atoms with Crippen LogP contribution in [0.5, 0.6) is 11.5 Å². The second-order valence-electron chi connectivity index (χ2n) is 6.79. The molecule has 0 saturated heterocycles. The maximum Gasteiger partial charge on any atom is 0.414 e. The van der Waals surface area contributed by atoms with Gasteiger partial charge in [0.25, 0.3) is 0 Å². The zero-order valence-corrected chi connectivity index (χ0v) is 15.2. The molecule has 1 aromatic rings. The van der Waals surface area contributed by atoms with Crippen molar-refractivity contribution in [2.75, 3.05) is 20.8 Å². The number of methoxy groups -OCH3 is 2. The normalized spacial score (nSPS) is 15.4. The lowest BCUT2D eigenvalue weighted by Gasteiger charge is -2.28. The molecule has 0 spiro atoms. The zero-order chi connectivity index (χ0) is 17.7. The van der Waals surface area contributed by atoms with E-state index in [0.717, 1.165) is 30.5 Å². The molecule has 132 valence electrons. The van der Waals surface area contributed by atoms with Gasteiger partial charge in [0.05, 0.1) is 19.9 Å². The minimum atomic E-state index is -0.522. The Morgan fingerprint density at radius 1 is 1.08 bits per heavy atom. The van der Waals surface area contributed by atoms with Crippen LogP contribution >= 0.6 is 0 Å². The van der Waals surface area contributed by atoms with Gasteiger partial charge in [-0.1, -0.05) is 6.08 Å². The molecule has 0 fully saturated rings. The highest BCUT2D eigenvalue weighted by Gasteiger charge is 2.26. The summed E-state index contributed by atoms with van der Waals surface area (Å²) in [6, 6.07) is 5.69. The third-order valence-corrected chi connectivity index (χ3v) is 3.76. The number of carbonyl (C=O) groups is 1. The van der Waals surface area contributed by atoms with Gasteiger partial charge in [0, 0.05) is 12.1 Å². The fourth-order valence-corrected chi connectivity index (χ4v) is 2.66. The average Bonchev–Trinajstić information content (AvgIpc) is 2.78. The third kappa shape index (κ3) is 4.43. The van der Waals surface area contributed by atoms with E-state index in [1.165, 1.54) is 0 Å². The fourth-order valence-electron chi connectivity index (χ4n) is 2.66. The Balaban J connectivity index is 2.36. The Labute approximate surface area is 144 Å². The molecule has 0 N–H and O–H groups in total. The summed E-state index contributed by atoms with van der Waals surface area (Å²) < 4.78 is 16.3. The number of carbonyl (C=O) groups excluding carboxylic acids is 1. The minimum absolute atomic E-state index is 0.314. The molecule has 0 atom stereocenters. The van der Waals surface area contributed by atoms with Crippen LogP contribution in [-0.4, -0.2) is 37.4 Å². The lowest BCUT2D eigenvalue weighted by Crippen LogP contribution is -2.36. The van der Waals surface area contributed by atoms with E-state index in [2.05, 4.69) is 6.08 Å². The molecular weight excluding hydrogens is 306 g/mol. The molecule has 1 aliphatic heterocycles. The molecule has 1 aromatic carbocycles. The molecule has 1 amide bonds. The van der Waals surface area contributed by atoms with Crippen molar-refractivity contribution >= 4 is 11.8 Å². The Hall–Kier alpha value is -2.17. The first-order valence-corrected chi connectivity index (χ1v) is 8.29. The second-order valence-corrected chi connectivity index (χ2v) is 6.79. The summed E-state index contributed by atoms with van der Waals surface area (Å²) in [7, 11) is 3.21. The summed E-state index contributed by atoms with van der Waals surface area (Å²) in [5, 5.41) is 0. The first kappa shape index (κ1) is 18.2. The van der Waals surface area contributed by atoms with Crippen LogP contribution in [0.3, 0.4) is 0 Å². The van der Waals surface area contributed by atoms with Crippen LogP contribution in [0.2, 0.25) is 0 Å². The largest absolute Gasteiger partial charge is 0.493 e. The lowest BCUT2D eigenvalue weighted by molar-refractivity contribution is 0.0353. The number of amides is 1. The first-order valence-electron chi connectivity index (χ1n) is 8.29. The summed E-state index contributed by atoms with van der Waals surface area (Å²) in [5.41, 5.74) is 1.26. The summed E-state index contributed by atoms with van der Waals surface area (Å²) in [4.78, 5) is 14.4. The van der Waals surface area contributed by atoms with Gasteiger partial charge < -0.3 is 14.2 Å². The van der Waals surface area contributed by atoms with Crippen molar-refractivity contribution in [1.82, 2.24) is 4.90 Å². The standard InChI is InChI=1S/C19H27NO4/c1-19(2,3)24-18(21)20-12-8-6-7-9-15(20)14-10-11-16(22-4)17(13-14)23-5/h9-11,13H,6-8,12H2,1-5H3. The summed E-state index contributed by atoms with van der Waals surface area (Å²) >= 11 is 0. The van der Waals surface area contributed by atoms with Gasteiger partial charge in [-0.3, -0.25) is 4.90 Å². The molecule has 1 heterocycles. The number of hydrogen-bond acceptors (Lipinski definition) is 4. The molecule has 0 unspecified atom stereocenters. The monoisotopic (exact) mass is 333 g/mol. The highest BCUT2D eigenvalue weighted by atomic mass is 16.6. The smallest absolute Gasteiger partial charge is 0.414 e. The highest BCUT2D eigenvalue weighted by molar-refractivity contribution is 5.83. The first-order chi connectivity index (χ1) is 11.4. The maximum absolute atomic E-state index is 12.6. The molecule has 0 radical (unpaired) electrons. The number of nitrogens with zero attached hydrogens (tertiary/aromatic N) is 1. The molecule has 5 nitrogen and oxygen atoms in total. The van der Waals surface area contributed by atoms with Gasteiger partial charge in [-0.2, -0.15) is 0 Å². The van der Waals surface area contributed by atoms with E-state index in [9.17, 15) is 4.79 Å². The average molecular weight is 333 g/mol. The molecular formula is C19H27NO4. The number of hydrogen-bond donors (Lipinski definition) is 0. The van der Waals surface area contributed by atoms with Crippen LogP contribution in [0.15, 0.2) is 24.3 Å². The van der Waals surface area contributed by atoms with Crippen molar-refractivity contribution < 1.29 is 19.0 Å². The van der Waals surface area contributed by atoms with E-state index in [1.807, 2.05) is 39.0 Å². The van der Waals surface area contributed by atoms with Crippen molar-refractivity contribution in [2.24, 2.45) is 0 Å². The molecule has 0 aliphatic carbocycles. The van der Waals surface area contributed by atoms with Crippen LogP contribution in [-0.2, 0) is 4.74 Å². The third-order valence-electron chi connectivity index (χ3n) is 3.76. The summed E-state index contributed by atoms with van der Waals surface area (Å²) in [5.74, 6) is 1.31. The van der Waals surface area contributed by atoms with Crippen LogP contribution in [0.4, 0.5) is 4.79 Å². The molecule has 2 rings (SSSR count). The van der Waals surface area contributed by atoms with Crippen molar-refractivity contribution in [2.45, 2.75) is 45.6 Å². The van der Waals surface area contributed by atoms with Crippen LogP contribution in [0.25, 0.3) is 5.70 Å². The van der Waals surface area contributed by atoms with Gasteiger partial charge in [-0.05, 0) is 58.2 Å². The molecule has 0 bridgehead atoms. The van der Waals surface area contributed by atoms with Crippen LogP contribution < -0.4 is 9.47 Å². The Kier molecular flexibility index (Phi) is 5.75. The predicted molar refractivity (Wildman–Crippen MR) is 94.3 cm³/mol. The van der Waals surface area contributed by atoms with Crippen molar-refractivity contribution in [3.63, 3.8) is 0 Å². The van der Waals surface area contributed by atoms with E-state index in [1.54, 1.807) is 19.1 Å². The van der Waals surface area contributed by atoms with Gasteiger partial charge in [0.2, 0.25) is 0 Å². The minimum Gasteiger partial charge on any atom is -0.493 e. The van der Waals surface area contributed by atoms with E-state index in [-0.39, 0.29) is 6.09 Å². The SMILES string of the molecule is COc1ccc(C2=CCCCCN2C(=O)OC(C)(C)C)cc1OC. The van der Waals surface area contributed by atoms with Crippen LogP contribution in [0, 0.1) is 0 Å². The van der Waals surface area contributed by atoms with Gasteiger partial charge in [0.1, 0.15) is 5.60 Å². The quantitative estimate of drug-likeness (QED) is 0.819. The fraction of sp³-hybridized carbons (Fsp3) is 0.526. The molecule has 5 heteroatoms. The Morgan fingerprint density at radius 3 is 2.42 bits per heavy atom. The van der Waals surface area contributed by atoms with Gasteiger partial charge in [0.15, 0.2) is 11.5 Å². The van der Waals surface area contributed by atoms with E-state index in [4.69, 9.17) is 14.2 Å². The van der Waals surface area contributed by atoms with Crippen molar-refractivity contribution in [1.29, 1.82) is 0 Å². The number of benzene rings is 1. The molecule has 1 aliphatic rings. The molecule has 0 saturated carbocycles. The Morgan fingerprint density at radius 2 is 1.79 bits per heavy atom. The summed E-state index contributed by atoms with van der Waals surface area (Å²) in [6.07, 6.45) is 4.72.